The zero-order valence-electron chi connectivity index (χ0n) is 23.4. The second-order valence-corrected chi connectivity index (χ2v) is 12.6. The molecule has 4 nitrogen and oxygen atoms in total. The number of rotatable bonds is 9. The summed E-state index contributed by atoms with van der Waals surface area (Å²) in [6, 6.07) is 0. The molecule has 1 saturated heterocycles. The topological polar surface area (TPSA) is 63.6 Å². The molecular weight excluding hydrogens is 436 g/mol. The summed E-state index contributed by atoms with van der Waals surface area (Å²) in [7, 11) is 0. The van der Waals surface area contributed by atoms with Gasteiger partial charge >= 0.3 is 5.97 Å². The van der Waals surface area contributed by atoms with Crippen LogP contribution < -0.4 is 0 Å². The first-order chi connectivity index (χ1) is 16.2. The van der Waals surface area contributed by atoms with Gasteiger partial charge in [-0.15, -0.1) is 0 Å². The SMILES string of the molecule is CC(C)=CCC[C@@]1(C)C(O)C23C(=O)C2(CC=C(C)C)OC(=O)[C@@]3(CC=C(C)C)C[C@@H]1CC=C(C)C. The van der Waals surface area contributed by atoms with Crippen molar-refractivity contribution in [3.8, 4) is 0 Å². The molecule has 6 atom stereocenters. The van der Waals surface area contributed by atoms with Gasteiger partial charge in [0.25, 0.3) is 0 Å². The highest BCUT2D eigenvalue weighted by Crippen LogP contribution is 2.80. The zero-order chi connectivity index (χ0) is 26.4. The van der Waals surface area contributed by atoms with E-state index in [4.69, 9.17) is 4.74 Å². The molecule has 3 unspecified atom stereocenters. The lowest BCUT2D eigenvalue weighted by Crippen LogP contribution is -2.60. The van der Waals surface area contributed by atoms with Crippen LogP contribution in [0.3, 0.4) is 0 Å². The summed E-state index contributed by atoms with van der Waals surface area (Å²) in [5.41, 5.74) is 0.685. The number of aliphatic hydroxyl groups excluding tert-OH is 1. The van der Waals surface area contributed by atoms with E-state index in [0.717, 1.165) is 30.4 Å². The molecule has 1 heterocycles. The lowest BCUT2D eigenvalue weighted by atomic mass is 9.47. The Hall–Kier alpha value is -1.94. The van der Waals surface area contributed by atoms with Gasteiger partial charge in [-0.05, 0) is 98.8 Å². The first-order valence-electron chi connectivity index (χ1n) is 13.2. The number of Topliss-reactive ketones (excluding diaryl/α,β-unsaturated/α-hetero) is 1. The van der Waals surface area contributed by atoms with Crippen molar-refractivity contribution in [2.24, 2.45) is 22.2 Å². The second kappa shape index (κ2) is 9.50. The number of ether oxygens (including phenoxy) is 1. The summed E-state index contributed by atoms with van der Waals surface area (Å²) in [6.45, 7) is 18.5. The highest BCUT2D eigenvalue weighted by molar-refractivity contribution is 6.20. The van der Waals surface area contributed by atoms with Gasteiger partial charge in [-0.25, -0.2) is 0 Å². The van der Waals surface area contributed by atoms with Crippen molar-refractivity contribution in [3.05, 3.63) is 46.6 Å². The van der Waals surface area contributed by atoms with Gasteiger partial charge in [0, 0.05) is 6.42 Å². The Morgan fingerprint density at radius 2 is 1.43 bits per heavy atom. The van der Waals surface area contributed by atoms with Crippen LogP contribution in [-0.2, 0) is 14.3 Å². The van der Waals surface area contributed by atoms with Gasteiger partial charge < -0.3 is 9.84 Å². The molecule has 0 aromatic carbocycles. The number of hydrogen-bond donors (Lipinski definition) is 1. The maximum absolute atomic E-state index is 13.9. The number of esters is 1. The van der Waals surface area contributed by atoms with Gasteiger partial charge in [-0.2, -0.15) is 0 Å². The standard InChI is InChI=1S/C31H46O4/c1-20(2)11-10-16-28(9)24(13-12-21(3)4)19-29(17-14-22(5)6)27(34)35-30(18-15-23(7)8)26(33)31(29,30)25(28)32/h11-12,14-15,24-25,32H,10,13,16-19H2,1-9H3/t24-,25?,28+,29+,30?,31?/m0/s1. The average Bonchev–Trinajstić information content (AvgIpc) is 3.17. The molecule has 2 aliphatic carbocycles. The molecule has 2 saturated carbocycles. The largest absolute Gasteiger partial charge is 0.449 e. The summed E-state index contributed by atoms with van der Waals surface area (Å²) < 4.78 is 6.09. The molecule has 1 aliphatic heterocycles. The minimum atomic E-state index is -1.24. The Labute approximate surface area is 212 Å². The highest BCUT2D eigenvalue weighted by Gasteiger charge is 2.97. The molecule has 194 valence electrons. The number of aliphatic hydroxyl groups is 1. The minimum absolute atomic E-state index is 0.0642. The predicted octanol–water partition coefficient (Wildman–Crippen LogP) is 7.04. The van der Waals surface area contributed by atoms with Crippen molar-refractivity contribution in [2.75, 3.05) is 0 Å². The highest BCUT2D eigenvalue weighted by atomic mass is 16.6. The normalized spacial score (nSPS) is 37.0. The smallest absolute Gasteiger partial charge is 0.314 e. The lowest BCUT2D eigenvalue weighted by Gasteiger charge is -2.54. The Kier molecular flexibility index (Phi) is 7.50. The van der Waals surface area contributed by atoms with Crippen molar-refractivity contribution in [3.63, 3.8) is 0 Å². The molecule has 0 amide bonds. The van der Waals surface area contributed by atoms with Gasteiger partial charge in [-0.3, -0.25) is 9.59 Å². The third-order valence-electron chi connectivity index (χ3n) is 8.98. The van der Waals surface area contributed by atoms with Gasteiger partial charge in [0.15, 0.2) is 11.4 Å². The third-order valence-corrected chi connectivity index (χ3v) is 8.98. The van der Waals surface area contributed by atoms with E-state index >= 15 is 0 Å². The van der Waals surface area contributed by atoms with Crippen LogP contribution in [0.5, 0.6) is 0 Å². The van der Waals surface area contributed by atoms with E-state index in [2.05, 4.69) is 52.8 Å². The Balaban J connectivity index is 2.20. The first-order valence-corrected chi connectivity index (χ1v) is 13.2. The molecule has 0 aromatic rings. The van der Waals surface area contributed by atoms with Gasteiger partial charge in [-0.1, -0.05) is 53.5 Å². The summed E-state index contributed by atoms with van der Waals surface area (Å²) in [5.74, 6) is -0.315. The molecule has 1 spiro atoms. The fraction of sp³-hybridized carbons (Fsp3) is 0.677. The van der Waals surface area contributed by atoms with Crippen LogP contribution in [0, 0.1) is 22.2 Å². The summed E-state index contributed by atoms with van der Waals surface area (Å²) >= 11 is 0. The molecule has 4 heteroatoms. The number of allylic oxidation sites excluding steroid dienone is 7. The Morgan fingerprint density at radius 3 is 1.97 bits per heavy atom. The second-order valence-electron chi connectivity index (χ2n) is 12.6. The van der Waals surface area contributed by atoms with Gasteiger partial charge in [0.2, 0.25) is 0 Å². The number of hydrogen-bond acceptors (Lipinski definition) is 4. The molecule has 0 bridgehead atoms. The fourth-order valence-corrected chi connectivity index (χ4v) is 6.89. The van der Waals surface area contributed by atoms with Crippen molar-refractivity contribution >= 4 is 11.8 Å². The molecule has 3 aliphatic rings. The van der Waals surface area contributed by atoms with Crippen LogP contribution in [-0.4, -0.2) is 28.6 Å². The van der Waals surface area contributed by atoms with Crippen molar-refractivity contribution in [2.45, 2.75) is 113 Å². The zero-order valence-corrected chi connectivity index (χ0v) is 23.4. The van der Waals surface area contributed by atoms with Crippen molar-refractivity contribution in [1.29, 1.82) is 0 Å². The molecule has 3 rings (SSSR count). The van der Waals surface area contributed by atoms with E-state index in [1.165, 1.54) is 11.1 Å². The van der Waals surface area contributed by atoms with Gasteiger partial charge in [0.05, 0.1) is 11.5 Å². The van der Waals surface area contributed by atoms with E-state index in [0.29, 0.717) is 19.3 Å². The number of carbonyl (C=O) groups is 2. The summed E-state index contributed by atoms with van der Waals surface area (Å²) in [5, 5.41) is 12.3. The van der Waals surface area contributed by atoms with Crippen LogP contribution in [0.15, 0.2) is 46.6 Å². The van der Waals surface area contributed by atoms with Crippen molar-refractivity contribution < 1.29 is 19.4 Å². The van der Waals surface area contributed by atoms with Crippen molar-refractivity contribution in [1.82, 2.24) is 0 Å². The maximum atomic E-state index is 13.9. The van der Waals surface area contributed by atoms with E-state index < -0.39 is 27.9 Å². The lowest BCUT2D eigenvalue weighted by molar-refractivity contribution is -0.176. The summed E-state index contributed by atoms with van der Waals surface area (Å²) in [4.78, 5) is 27.7. The van der Waals surface area contributed by atoms with Crippen LogP contribution in [0.2, 0.25) is 0 Å². The molecule has 0 radical (unpaired) electrons. The van der Waals surface area contributed by atoms with Gasteiger partial charge in [0.1, 0.15) is 5.41 Å². The maximum Gasteiger partial charge on any atom is 0.314 e. The number of carbonyl (C=O) groups excluding carboxylic acids is 2. The van der Waals surface area contributed by atoms with Crippen LogP contribution in [0.25, 0.3) is 0 Å². The fourth-order valence-electron chi connectivity index (χ4n) is 6.89. The number of ketones is 1. The average molecular weight is 483 g/mol. The first kappa shape index (κ1) is 27.6. The molecular formula is C31H46O4. The molecule has 3 fully saturated rings. The van der Waals surface area contributed by atoms with Crippen LogP contribution >= 0.6 is 0 Å². The van der Waals surface area contributed by atoms with E-state index in [1.807, 2.05) is 33.8 Å². The molecule has 35 heavy (non-hydrogen) atoms. The quantitative estimate of drug-likeness (QED) is 0.283. The predicted molar refractivity (Wildman–Crippen MR) is 142 cm³/mol. The summed E-state index contributed by atoms with van der Waals surface area (Å²) in [6.07, 6.45) is 11.2. The monoisotopic (exact) mass is 482 g/mol. The Morgan fingerprint density at radius 1 is 0.886 bits per heavy atom. The minimum Gasteiger partial charge on any atom is -0.449 e. The van der Waals surface area contributed by atoms with E-state index in [-0.39, 0.29) is 17.7 Å². The van der Waals surface area contributed by atoms with Crippen LogP contribution in [0.4, 0.5) is 0 Å². The third kappa shape index (κ3) is 4.10. The molecule has 0 aromatic heterocycles. The van der Waals surface area contributed by atoms with Crippen LogP contribution in [0.1, 0.15) is 101 Å². The Bertz CT molecular complexity index is 997. The van der Waals surface area contributed by atoms with E-state index in [1.54, 1.807) is 0 Å². The molecule has 1 N–H and O–H groups in total. The van der Waals surface area contributed by atoms with E-state index in [9.17, 15) is 14.7 Å².